The Hall–Kier alpha value is -0.380. The summed E-state index contributed by atoms with van der Waals surface area (Å²) in [6, 6.07) is 9.09. The first-order chi connectivity index (χ1) is 7.22. The van der Waals surface area contributed by atoms with Gasteiger partial charge in [-0.05, 0) is 37.7 Å². The summed E-state index contributed by atoms with van der Waals surface area (Å²) in [6.07, 6.45) is 1.22. The summed E-state index contributed by atoms with van der Waals surface area (Å²) in [5.41, 5.74) is 7.24. The Kier molecular flexibility index (Phi) is 3.44. The Balaban J connectivity index is 2.23. The smallest absolute Gasteiger partial charge is 0.0284 e. The molecule has 0 aromatic heterocycles. The molecule has 82 valence electrons. The molecule has 2 rings (SSSR count). The number of nitrogens with two attached hydrogens (primary N) is 1. The van der Waals surface area contributed by atoms with E-state index in [0.29, 0.717) is 12.0 Å². The Bertz CT molecular complexity index is 340. The van der Waals surface area contributed by atoms with Gasteiger partial charge in [-0.1, -0.05) is 28.1 Å². The highest BCUT2D eigenvalue weighted by Gasteiger charge is 2.31. The quantitative estimate of drug-likeness (QED) is 0.891. The fourth-order valence-corrected chi connectivity index (χ4v) is 2.90. The van der Waals surface area contributed by atoms with Gasteiger partial charge in [0.15, 0.2) is 0 Å². The van der Waals surface area contributed by atoms with Crippen molar-refractivity contribution in [3.8, 4) is 0 Å². The van der Waals surface area contributed by atoms with E-state index in [1.54, 1.807) is 0 Å². The van der Waals surface area contributed by atoms with Gasteiger partial charge >= 0.3 is 0 Å². The number of likely N-dealkylation sites (N-methyl/N-ethyl adjacent to an activating group) is 1. The minimum atomic E-state index is 0.499. The second kappa shape index (κ2) is 4.64. The predicted molar refractivity (Wildman–Crippen MR) is 67.0 cm³/mol. The molecule has 0 amide bonds. The maximum Gasteiger partial charge on any atom is 0.0284 e. The zero-order chi connectivity index (χ0) is 10.8. The van der Waals surface area contributed by atoms with Crippen molar-refractivity contribution in [3.63, 3.8) is 0 Å². The molecule has 1 aliphatic heterocycles. The van der Waals surface area contributed by atoms with Crippen LogP contribution in [0.3, 0.4) is 0 Å². The number of benzene rings is 1. The molecule has 0 spiro atoms. The van der Waals surface area contributed by atoms with Gasteiger partial charge in [-0.2, -0.15) is 0 Å². The van der Waals surface area contributed by atoms with Crippen LogP contribution in [-0.2, 0) is 0 Å². The minimum absolute atomic E-state index is 0.499. The van der Waals surface area contributed by atoms with E-state index >= 15 is 0 Å². The molecule has 0 bridgehead atoms. The molecule has 1 heterocycles. The molecule has 15 heavy (non-hydrogen) atoms. The molecule has 2 N–H and O–H groups in total. The van der Waals surface area contributed by atoms with Gasteiger partial charge < -0.3 is 10.6 Å². The van der Waals surface area contributed by atoms with Crippen LogP contribution in [0, 0.1) is 0 Å². The highest BCUT2D eigenvalue weighted by molar-refractivity contribution is 9.10. The monoisotopic (exact) mass is 268 g/mol. The third-order valence-electron chi connectivity index (χ3n) is 3.34. The fraction of sp³-hybridized carbons (Fsp3) is 0.500. The van der Waals surface area contributed by atoms with E-state index in [1.807, 2.05) is 0 Å². The summed E-state index contributed by atoms with van der Waals surface area (Å²) < 4.78 is 1.16. The molecule has 0 aliphatic carbocycles. The van der Waals surface area contributed by atoms with Crippen LogP contribution in [0.25, 0.3) is 0 Å². The molecule has 1 aromatic rings. The van der Waals surface area contributed by atoms with E-state index in [9.17, 15) is 0 Å². The van der Waals surface area contributed by atoms with Crippen molar-refractivity contribution in [2.24, 2.45) is 5.73 Å². The Morgan fingerprint density at radius 3 is 3.00 bits per heavy atom. The first kappa shape index (κ1) is 11.1. The average molecular weight is 269 g/mol. The van der Waals surface area contributed by atoms with Crippen LogP contribution in [0.15, 0.2) is 28.7 Å². The van der Waals surface area contributed by atoms with Crippen molar-refractivity contribution in [1.82, 2.24) is 4.90 Å². The fourth-order valence-electron chi connectivity index (χ4n) is 2.48. The normalized spacial score (nSPS) is 27.1. The van der Waals surface area contributed by atoms with Gasteiger partial charge in [0.2, 0.25) is 0 Å². The maximum absolute atomic E-state index is 5.84. The molecule has 3 heteroatoms. The van der Waals surface area contributed by atoms with Crippen LogP contribution in [0.1, 0.15) is 17.9 Å². The van der Waals surface area contributed by atoms with E-state index in [0.717, 1.165) is 17.6 Å². The summed E-state index contributed by atoms with van der Waals surface area (Å²) in [5, 5.41) is 0. The zero-order valence-electron chi connectivity index (χ0n) is 8.99. The van der Waals surface area contributed by atoms with Gasteiger partial charge in [0, 0.05) is 23.0 Å². The largest absolute Gasteiger partial charge is 0.329 e. The van der Waals surface area contributed by atoms with E-state index in [4.69, 9.17) is 5.73 Å². The van der Waals surface area contributed by atoms with Crippen molar-refractivity contribution in [2.75, 3.05) is 20.1 Å². The standard InChI is InChI=1S/C12H17BrN2/c1-15-6-5-11(12(15)8-14)9-3-2-4-10(13)7-9/h2-4,7,11-12H,5-6,8,14H2,1H3. The zero-order valence-corrected chi connectivity index (χ0v) is 10.6. The van der Waals surface area contributed by atoms with Gasteiger partial charge in [0.1, 0.15) is 0 Å². The van der Waals surface area contributed by atoms with Crippen molar-refractivity contribution in [3.05, 3.63) is 34.3 Å². The second-order valence-corrected chi connectivity index (χ2v) is 5.15. The third kappa shape index (κ3) is 2.25. The van der Waals surface area contributed by atoms with E-state index in [2.05, 4.69) is 52.1 Å². The molecular weight excluding hydrogens is 252 g/mol. The highest BCUT2D eigenvalue weighted by atomic mass is 79.9. The highest BCUT2D eigenvalue weighted by Crippen LogP contribution is 2.32. The summed E-state index contributed by atoms with van der Waals surface area (Å²) >= 11 is 3.52. The molecule has 0 radical (unpaired) electrons. The van der Waals surface area contributed by atoms with Crippen LogP contribution in [0.4, 0.5) is 0 Å². The first-order valence-electron chi connectivity index (χ1n) is 5.38. The Labute approximate surface area is 99.6 Å². The van der Waals surface area contributed by atoms with Crippen molar-refractivity contribution in [1.29, 1.82) is 0 Å². The molecular formula is C12H17BrN2. The van der Waals surface area contributed by atoms with Crippen LogP contribution in [0.5, 0.6) is 0 Å². The predicted octanol–water partition coefficient (Wildman–Crippen LogP) is 2.20. The maximum atomic E-state index is 5.84. The first-order valence-corrected chi connectivity index (χ1v) is 6.17. The van der Waals surface area contributed by atoms with Gasteiger partial charge in [0.05, 0.1) is 0 Å². The van der Waals surface area contributed by atoms with Crippen molar-refractivity contribution < 1.29 is 0 Å². The summed E-state index contributed by atoms with van der Waals surface area (Å²) in [6.45, 7) is 1.90. The summed E-state index contributed by atoms with van der Waals surface area (Å²) in [7, 11) is 2.16. The van der Waals surface area contributed by atoms with Gasteiger partial charge in [-0.25, -0.2) is 0 Å². The summed E-state index contributed by atoms with van der Waals surface area (Å²) in [5.74, 6) is 0.595. The molecule has 0 saturated carbocycles. The number of nitrogens with zero attached hydrogens (tertiary/aromatic N) is 1. The lowest BCUT2D eigenvalue weighted by molar-refractivity contribution is 0.304. The molecule has 1 aromatic carbocycles. The molecule has 1 fully saturated rings. The summed E-state index contributed by atoms with van der Waals surface area (Å²) in [4.78, 5) is 2.37. The molecule has 1 aliphatic rings. The van der Waals surface area contributed by atoms with E-state index in [1.165, 1.54) is 12.0 Å². The van der Waals surface area contributed by atoms with Crippen LogP contribution >= 0.6 is 15.9 Å². The molecule has 2 nitrogen and oxygen atoms in total. The number of hydrogen-bond donors (Lipinski definition) is 1. The molecule has 2 atom stereocenters. The van der Waals surface area contributed by atoms with Gasteiger partial charge in [-0.3, -0.25) is 0 Å². The number of rotatable bonds is 2. The lowest BCUT2D eigenvalue weighted by atomic mass is 9.92. The van der Waals surface area contributed by atoms with E-state index < -0.39 is 0 Å². The van der Waals surface area contributed by atoms with Crippen molar-refractivity contribution >= 4 is 15.9 Å². The molecule has 1 saturated heterocycles. The number of halogens is 1. The van der Waals surface area contributed by atoms with E-state index in [-0.39, 0.29) is 0 Å². The van der Waals surface area contributed by atoms with Crippen LogP contribution in [0.2, 0.25) is 0 Å². The van der Waals surface area contributed by atoms with Gasteiger partial charge in [-0.15, -0.1) is 0 Å². The Morgan fingerprint density at radius 1 is 1.53 bits per heavy atom. The average Bonchev–Trinajstić information content (AvgIpc) is 2.59. The SMILES string of the molecule is CN1CCC(c2cccc(Br)c2)C1CN. The van der Waals surface area contributed by atoms with Crippen molar-refractivity contribution in [2.45, 2.75) is 18.4 Å². The molecule has 2 unspecified atom stereocenters. The Morgan fingerprint density at radius 2 is 2.33 bits per heavy atom. The minimum Gasteiger partial charge on any atom is -0.329 e. The number of likely N-dealkylation sites (tertiary alicyclic amines) is 1. The van der Waals surface area contributed by atoms with Crippen LogP contribution < -0.4 is 5.73 Å². The lowest BCUT2D eigenvalue weighted by Crippen LogP contribution is -2.35. The number of hydrogen-bond acceptors (Lipinski definition) is 2. The lowest BCUT2D eigenvalue weighted by Gasteiger charge is -2.23. The topological polar surface area (TPSA) is 29.3 Å². The third-order valence-corrected chi connectivity index (χ3v) is 3.83. The van der Waals surface area contributed by atoms with Gasteiger partial charge in [0.25, 0.3) is 0 Å². The second-order valence-electron chi connectivity index (χ2n) is 4.23. The van der Waals surface area contributed by atoms with Crippen LogP contribution in [-0.4, -0.2) is 31.1 Å².